The van der Waals surface area contributed by atoms with Crippen LogP contribution >= 0.6 is 11.8 Å². The molecule has 1 aromatic rings. The predicted molar refractivity (Wildman–Crippen MR) is 113 cm³/mol. The Kier molecular flexibility index (Phi) is 6.48. The molecule has 31 heavy (non-hydrogen) atoms. The number of thioether (sulfide) groups is 1. The summed E-state index contributed by atoms with van der Waals surface area (Å²) in [7, 11) is -2.17. The Hall–Kier alpha value is -2.77. The number of ether oxygens (including phenoxy) is 1. The lowest BCUT2D eigenvalue weighted by molar-refractivity contribution is -0.151. The first-order chi connectivity index (χ1) is 14.6. The smallest absolute Gasteiger partial charge is 0.356 e. The van der Waals surface area contributed by atoms with Crippen LogP contribution in [0.25, 0.3) is 0 Å². The zero-order valence-electron chi connectivity index (χ0n) is 16.7. The Morgan fingerprint density at radius 2 is 2.13 bits per heavy atom. The highest BCUT2D eigenvalue weighted by atomic mass is 32.2. The standard InChI is InChI=1S/C18H22N4O7S2/c1-3-31(27,28)21-10-6-4-5-9(7-10)12(19)15(23)20-13-16(24)22-14(18(25)26)11(29-2)8-30-17(13)22/h4-7,12-13,17,21H,3,8,19H2,1-2H3,(H,20,23)(H,25,26). The van der Waals surface area contributed by atoms with E-state index in [0.717, 1.165) is 4.90 Å². The third-order valence-corrected chi connectivity index (χ3v) is 7.42. The molecule has 0 saturated carbocycles. The summed E-state index contributed by atoms with van der Waals surface area (Å²) in [6.07, 6.45) is 0. The second-order valence-electron chi connectivity index (χ2n) is 6.79. The zero-order valence-corrected chi connectivity index (χ0v) is 18.3. The molecule has 168 valence electrons. The van der Waals surface area contributed by atoms with Gasteiger partial charge in [0.2, 0.25) is 15.9 Å². The maximum absolute atomic E-state index is 12.6. The van der Waals surface area contributed by atoms with Gasteiger partial charge >= 0.3 is 5.97 Å². The van der Waals surface area contributed by atoms with Crippen LogP contribution in [0.5, 0.6) is 0 Å². The van der Waals surface area contributed by atoms with Gasteiger partial charge in [-0.05, 0) is 24.6 Å². The maximum Gasteiger partial charge on any atom is 0.356 e. The van der Waals surface area contributed by atoms with E-state index in [4.69, 9.17) is 10.5 Å². The third-order valence-electron chi connectivity index (χ3n) is 4.86. The van der Waals surface area contributed by atoms with Crippen LogP contribution in [0.2, 0.25) is 0 Å². The van der Waals surface area contributed by atoms with E-state index >= 15 is 0 Å². The largest absolute Gasteiger partial charge is 0.498 e. The van der Waals surface area contributed by atoms with Crippen LogP contribution in [0.15, 0.2) is 35.7 Å². The normalized spacial score (nSPS) is 21.6. The highest BCUT2D eigenvalue weighted by Gasteiger charge is 2.55. The monoisotopic (exact) mass is 470 g/mol. The summed E-state index contributed by atoms with van der Waals surface area (Å²) >= 11 is 1.27. The van der Waals surface area contributed by atoms with Crippen LogP contribution in [0.1, 0.15) is 18.5 Å². The molecule has 0 radical (unpaired) electrons. The number of hydrogen-bond acceptors (Lipinski definition) is 8. The molecule has 0 aromatic heterocycles. The minimum Gasteiger partial charge on any atom is -0.498 e. The summed E-state index contributed by atoms with van der Waals surface area (Å²) in [6.45, 7) is 1.49. The van der Waals surface area contributed by atoms with Gasteiger partial charge in [0.05, 0.1) is 18.6 Å². The SMILES string of the molecule is CCS(=O)(=O)Nc1cccc(C(N)C(=O)NC2C(=O)N3C(C(=O)O)=C(OC)CSC23)c1. The van der Waals surface area contributed by atoms with Crippen molar-refractivity contribution in [2.45, 2.75) is 24.4 Å². The van der Waals surface area contributed by atoms with Crippen LogP contribution in [-0.2, 0) is 29.1 Å². The topological polar surface area (TPSA) is 168 Å². The quantitative estimate of drug-likeness (QED) is 0.376. The number of carboxylic acid groups (broad SMARTS) is 1. The molecule has 3 rings (SSSR count). The molecule has 0 aliphatic carbocycles. The summed E-state index contributed by atoms with van der Waals surface area (Å²) in [6, 6.07) is 4.00. The van der Waals surface area contributed by atoms with Crippen LogP contribution in [0, 0.1) is 0 Å². The number of nitrogens with zero attached hydrogens (tertiary/aromatic N) is 1. The maximum atomic E-state index is 12.6. The molecular formula is C18H22N4O7S2. The number of sulfonamides is 1. The van der Waals surface area contributed by atoms with Crippen molar-refractivity contribution in [3.8, 4) is 0 Å². The van der Waals surface area contributed by atoms with Gasteiger partial charge in [-0.1, -0.05) is 12.1 Å². The van der Waals surface area contributed by atoms with Gasteiger partial charge in [-0.2, -0.15) is 0 Å². The van der Waals surface area contributed by atoms with Crippen molar-refractivity contribution < 1.29 is 32.6 Å². The van der Waals surface area contributed by atoms with E-state index in [1.54, 1.807) is 12.1 Å². The molecule has 13 heteroatoms. The van der Waals surface area contributed by atoms with Crippen molar-refractivity contribution >= 4 is 45.3 Å². The number of rotatable bonds is 8. The van der Waals surface area contributed by atoms with E-state index < -0.39 is 45.3 Å². The van der Waals surface area contributed by atoms with E-state index in [2.05, 4.69) is 10.0 Å². The molecule has 2 aliphatic heterocycles. The number of β-lactam (4-membered cyclic amide) rings is 1. The molecule has 3 atom stereocenters. The second kappa shape index (κ2) is 8.77. The number of methoxy groups -OCH3 is 1. The molecule has 1 aromatic carbocycles. The summed E-state index contributed by atoms with van der Waals surface area (Å²) < 4.78 is 30.9. The number of carbonyl (C=O) groups is 3. The number of carboxylic acids is 1. The van der Waals surface area contributed by atoms with E-state index in [1.165, 1.54) is 37.9 Å². The van der Waals surface area contributed by atoms with Crippen LogP contribution in [-0.4, -0.2) is 66.2 Å². The lowest BCUT2D eigenvalue weighted by Crippen LogP contribution is -2.71. The Morgan fingerprint density at radius 3 is 2.74 bits per heavy atom. The van der Waals surface area contributed by atoms with Gasteiger partial charge in [-0.25, -0.2) is 13.2 Å². The number of fused-ring (bicyclic) bond motifs is 1. The van der Waals surface area contributed by atoms with Gasteiger partial charge in [0.25, 0.3) is 5.91 Å². The van der Waals surface area contributed by atoms with E-state index in [0.29, 0.717) is 5.56 Å². The number of nitrogens with two attached hydrogens (primary N) is 1. The fraction of sp³-hybridized carbons (Fsp3) is 0.389. The molecule has 0 bridgehead atoms. The average molecular weight is 471 g/mol. The molecule has 2 heterocycles. The highest BCUT2D eigenvalue weighted by molar-refractivity contribution is 8.00. The molecule has 1 fully saturated rings. The average Bonchev–Trinajstić information content (AvgIpc) is 2.75. The zero-order chi connectivity index (χ0) is 22.9. The van der Waals surface area contributed by atoms with Gasteiger partial charge in [-0.15, -0.1) is 11.8 Å². The number of amides is 2. The minimum absolute atomic E-state index is 0.110. The number of aliphatic carboxylic acids is 1. The number of anilines is 1. The van der Waals surface area contributed by atoms with Gasteiger partial charge in [-0.3, -0.25) is 19.2 Å². The van der Waals surface area contributed by atoms with E-state index in [9.17, 15) is 27.9 Å². The Bertz CT molecular complexity index is 1060. The third kappa shape index (κ3) is 4.48. The molecule has 11 nitrogen and oxygen atoms in total. The Morgan fingerprint density at radius 1 is 1.42 bits per heavy atom. The van der Waals surface area contributed by atoms with E-state index in [1.807, 2.05) is 0 Å². The van der Waals surface area contributed by atoms with Crippen LogP contribution in [0.4, 0.5) is 5.69 Å². The summed E-state index contributed by atoms with van der Waals surface area (Å²) in [5.41, 5.74) is 6.40. The van der Waals surface area contributed by atoms with Gasteiger partial charge in [0.1, 0.15) is 23.2 Å². The molecule has 3 unspecified atom stereocenters. The van der Waals surface area contributed by atoms with Crippen molar-refractivity contribution in [1.82, 2.24) is 10.2 Å². The first kappa shape index (κ1) is 22.9. The molecule has 1 saturated heterocycles. The van der Waals surface area contributed by atoms with Crippen molar-refractivity contribution in [2.24, 2.45) is 5.73 Å². The summed E-state index contributed by atoms with van der Waals surface area (Å²) in [5, 5.41) is 11.4. The fourth-order valence-corrected chi connectivity index (χ4v) is 5.13. The van der Waals surface area contributed by atoms with Crippen molar-refractivity contribution in [3.63, 3.8) is 0 Å². The number of hydrogen-bond donors (Lipinski definition) is 4. The minimum atomic E-state index is -3.50. The Labute approximate surface area is 183 Å². The molecular weight excluding hydrogens is 448 g/mol. The second-order valence-corrected chi connectivity index (χ2v) is 9.90. The highest BCUT2D eigenvalue weighted by Crippen LogP contribution is 2.40. The molecule has 5 N–H and O–H groups in total. The van der Waals surface area contributed by atoms with Crippen LogP contribution in [0.3, 0.4) is 0 Å². The van der Waals surface area contributed by atoms with Gasteiger partial charge in [0, 0.05) is 5.69 Å². The first-order valence-electron chi connectivity index (χ1n) is 9.21. The summed E-state index contributed by atoms with van der Waals surface area (Å²) in [4.78, 5) is 37.8. The first-order valence-corrected chi connectivity index (χ1v) is 11.9. The predicted octanol–water partition coefficient (Wildman–Crippen LogP) is -0.209. The fourth-order valence-electron chi connectivity index (χ4n) is 3.19. The lowest BCUT2D eigenvalue weighted by atomic mass is 10.0. The number of benzene rings is 1. The molecule has 2 amide bonds. The van der Waals surface area contributed by atoms with Gasteiger partial charge in [0.15, 0.2) is 5.70 Å². The number of carbonyl (C=O) groups excluding carboxylic acids is 2. The van der Waals surface area contributed by atoms with Crippen molar-refractivity contribution in [1.29, 1.82) is 0 Å². The van der Waals surface area contributed by atoms with Crippen molar-refractivity contribution in [2.75, 3.05) is 23.3 Å². The van der Waals surface area contributed by atoms with Gasteiger partial charge < -0.3 is 20.9 Å². The van der Waals surface area contributed by atoms with E-state index in [-0.39, 0.29) is 28.6 Å². The number of nitrogens with one attached hydrogen (secondary N) is 2. The van der Waals surface area contributed by atoms with Crippen molar-refractivity contribution in [3.05, 3.63) is 41.3 Å². The molecule has 2 aliphatic rings. The summed E-state index contributed by atoms with van der Waals surface area (Å²) in [5.74, 6) is -2.20. The Balaban J connectivity index is 1.71. The van der Waals surface area contributed by atoms with Crippen LogP contribution < -0.4 is 15.8 Å². The lowest BCUT2D eigenvalue weighted by Gasteiger charge is -2.49. The molecule has 0 spiro atoms.